The summed E-state index contributed by atoms with van der Waals surface area (Å²) in [5, 5.41) is 0. The highest BCUT2D eigenvalue weighted by Crippen LogP contribution is 2.55. The lowest BCUT2D eigenvalue weighted by molar-refractivity contribution is 0.475. The predicted octanol–water partition coefficient (Wildman–Crippen LogP) is 5.93. The SMILES string of the molecule is Brc1cc2c3c(c1)Oc1ccccc1N3c1ccccc1C2. The first-order valence-electron chi connectivity index (χ1n) is 7.28. The molecule has 0 spiro atoms. The Morgan fingerprint density at radius 1 is 0.818 bits per heavy atom. The summed E-state index contributed by atoms with van der Waals surface area (Å²) < 4.78 is 7.20. The Balaban J connectivity index is 1.88. The van der Waals surface area contributed by atoms with Crippen molar-refractivity contribution in [2.75, 3.05) is 4.90 Å². The lowest BCUT2D eigenvalue weighted by Gasteiger charge is -2.38. The first-order chi connectivity index (χ1) is 10.8. The molecule has 0 atom stereocenters. The molecular formula is C19H12BrNO. The first kappa shape index (κ1) is 12.3. The van der Waals surface area contributed by atoms with E-state index in [-0.39, 0.29) is 0 Å². The fourth-order valence-corrected chi connectivity index (χ4v) is 3.88. The van der Waals surface area contributed by atoms with E-state index >= 15 is 0 Å². The van der Waals surface area contributed by atoms with Gasteiger partial charge >= 0.3 is 0 Å². The molecule has 2 heterocycles. The smallest absolute Gasteiger partial charge is 0.152 e. The summed E-state index contributed by atoms with van der Waals surface area (Å²) in [6, 6.07) is 21.1. The minimum atomic E-state index is 0.899. The molecule has 3 heteroatoms. The number of hydrogen-bond donors (Lipinski definition) is 0. The summed E-state index contributed by atoms with van der Waals surface area (Å²) in [5.74, 6) is 1.81. The summed E-state index contributed by atoms with van der Waals surface area (Å²) in [4.78, 5) is 2.33. The van der Waals surface area contributed by atoms with E-state index in [9.17, 15) is 0 Å². The topological polar surface area (TPSA) is 12.5 Å². The van der Waals surface area contributed by atoms with E-state index in [1.165, 1.54) is 22.5 Å². The number of nitrogens with zero attached hydrogens (tertiary/aromatic N) is 1. The Hall–Kier alpha value is -2.26. The van der Waals surface area contributed by atoms with Crippen LogP contribution in [0.25, 0.3) is 0 Å². The number of hydrogen-bond acceptors (Lipinski definition) is 2. The Bertz CT molecular complexity index is 848. The third-order valence-corrected chi connectivity index (χ3v) is 4.74. The molecular weight excluding hydrogens is 338 g/mol. The number of ether oxygens (including phenoxy) is 1. The van der Waals surface area contributed by atoms with Gasteiger partial charge in [0.15, 0.2) is 11.5 Å². The molecule has 0 bridgehead atoms. The maximum absolute atomic E-state index is 6.15. The Morgan fingerprint density at radius 3 is 2.50 bits per heavy atom. The van der Waals surface area contributed by atoms with Crippen LogP contribution in [0.3, 0.4) is 0 Å². The third kappa shape index (κ3) is 1.60. The van der Waals surface area contributed by atoms with Crippen molar-refractivity contribution in [1.29, 1.82) is 0 Å². The van der Waals surface area contributed by atoms with Gasteiger partial charge in [-0.05, 0) is 41.5 Å². The molecule has 3 aromatic carbocycles. The normalized spacial score (nSPS) is 13.8. The zero-order valence-corrected chi connectivity index (χ0v) is 13.3. The van der Waals surface area contributed by atoms with E-state index in [1.54, 1.807) is 0 Å². The highest BCUT2D eigenvalue weighted by atomic mass is 79.9. The predicted molar refractivity (Wildman–Crippen MR) is 91.7 cm³/mol. The van der Waals surface area contributed by atoms with Crippen LogP contribution >= 0.6 is 15.9 Å². The molecule has 106 valence electrons. The second-order valence-electron chi connectivity index (χ2n) is 5.62. The molecule has 0 fully saturated rings. The zero-order chi connectivity index (χ0) is 14.7. The number of rotatable bonds is 0. The maximum Gasteiger partial charge on any atom is 0.152 e. The van der Waals surface area contributed by atoms with Crippen molar-refractivity contribution >= 4 is 33.0 Å². The molecule has 0 radical (unpaired) electrons. The molecule has 2 aliphatic rings. The molecule has 0 N–H and O–H groups in total. The molecule has 0 aromatic heterocycles. The fraction of sp³-hybridized carbons (Fsp3) is 0.0526. The van der Waals surface area contributed by atoms with Crippen molar-refractivity contribution < 1.29 is 4.74 Å². The largest absolute Gasteiger partial charge is 0.453 e. The summed E-state index contributed by atoms with van der Waals surface area (Å²) in [5.41, 5.74) is 6.15. The lowest BCUT2D eigenvalue weighted by Crippen LogP contribution is -2.22. The fourth-order valence-electron chi connectivity index (χ4n) is 3.40. The van der Waals surface area contributed by atoms with Gasteiger partial charge in [-0.25, -0.2) is 0 Å². The highest BCUT2D eigenvalue weighted by molar-refractivity contribution is 9.10. The van der Waals surface area contributed by atoms with Crippen LogP contribution in [0.15, 0.2) is 65.1 Å². The van der Waals surface area contributed by atoms with Crippen molar-refractivity contribution in [3.8, 4) is 11.5 Å². The number of para-hydroxylation sites is 3. The first-order valence-corrected chi connectivity index (χ1v) is 8.08. The van der Waals surface area contributed by atoms with E-state index < -0.39 is 0 Å². The molecule has 22 heavy (non-hydrogen) atoms. The van der Waals surface area contributed by atoms with Crippen LogP contribution in [-0.4, -0.2) is 0 Å². The number of benzene rings is 3. The quantitative estimate of drug-likeness (QED) is 0.343. The second-order valence-corrected chi connectivity index (χ2v) is 6.54. The monoisotopic (exact) mass is 349 g/mol. The molecule has 5 rings (SSSR count). The number of halogens is 1. The van der Waals surface area contributed by atoms with Crippen LogP contribution in [0, 0.1) is 0 Å². The molecule has 0 unspecified atom stereocenters. The lowest BCUT2D eigenvalue weighted by atomic mass is 9.93. The van der Waals surface area contributed by atoms with Crippen molar-refractivity contribution in [2.24, 2.45) is 0 Å². The maximum atomic E-state index is 6.15. The Morgan fingerprint density at radius 2 is 1.59 bits per heavy atom. The van der Waals surface area contributed by atoms with Gasteiger partial charge in [-0.3, -0.25) is 0 Å². The van der Waals surface area contributed by atoms with Gasteiger partial charge in [0.05, 0.1) is 11.4 Å². The van der Waals surface area contributed by atoms with Crippen LogP contribution in [0.1, 0.15) is 11.1 Å². The van der Waals surface area contributed by atoms with Gasteiger partial charge in [-0.1, -0.05) is 46.3 Å². The number of fused-ring (bicyclic) bond motifs is 4. The van der Waals surface area contributed by atoms with Gasteiger partial charge in [-0.2, -0.15) is 0 Å². The molecule has 3 aromatic rings. The van der Waals surface area contributed by atoms with Gasteiger partial charge in [0.1, 0.15) is 0 Å². The minimum absolute atomic E-state index is 0.899. The third-order valence-electron chi connectivity index (χ3n) is 4.28. The summed E-state index contributed by atoms with van der Waals surface area (Å²) in [6.07, 6.45) is 0.931. The minimum Gasteiger partial charge on any atom is -0.453 e. The average molecular weight is 350 g/mol. The Kier molecular flexibility index (Phi) is 2.44. The molecule has 0 saturated heterocycles. The van der Waals surface area contributed by atoms with Crippen molar-refractivity contribution in [3.05, 3.63) is 76.3 Å². The van der Waals surface area contributed by atoms with Crippen LogP contribution < -0.4 is 9.64 Å². The van der Waals surface area contributed by atoms with Gasteiger partial charge in [0.25, 0.3) is 0 Å². The molecule has 0 saturated carbocycles. The van der Waals surface area contributed by atoms with Crippen LogP contribution in [0.5, 0.6) is 11.5 Å². The van der Waals surface area contributed by atoms with Gasteiger partial charge < -0.3 is 9.64 Å². The summed E-state index contributed by atoms with van der Waals surface area (Å²) >= 11 is 3.61. The van der Waals surface area contributed by atoms with Crippen molar-refractivity contribution in [3.63, 3.8) is 0 Å². The molecule has 0 aliphatic carbocycles. The number of anilines is 3. The molecule has 0 amide bonds. The van der Waals surface area contributed by atoms with Crippen molar-refractivity contribution in [1.82, 2.24) is 0 Å². The standard InChI is InChI=1S/C19H12BrNO/c20-14-10-13-9-12-5-1-2-6-15(12)21-16-7-3-4-8-17(16)22-18(11-14)19(13)21/h1-8,10-11H,9H2. The zero-order valence-electron chi connectivity index (χ0n) is 11.7. The van der Waals surface area contributed by atoms with Crippen LogP contribution in [-0.2, 0) is 6.42 Å². The van der Waals surface area contributed by atoms with Crippen LogP contribution in [0.2, 0.25) is 0 Å². The van der Waals surface area contributed by atoms with Gasteiger partial charge in [0, 0.05) is 16.6 Å². The van der Waals surface area contributed by atoms with E-state index in [0.29, 0.717) is 0 Å². The van der Waals surface area contributed by atoms with Gasteiger partial charge in [-0.15, -0.1) is 0 Å². The second kappa shape index (κ2) is 4.37. The van der Waals surface area contributed by atoms with Crippen LogP contribution in [0.4, 0.5) is 17.1 Å². The summed E-state index contributed by atoms with van der Waals surface area (Å²) in [7, 11) is 0. The summed E-state index contributed by atoms with van der Waals surface area (Å²) in [6.45, 7) is 0. The molecule has 2 nitrogen and oxygen atoms in total. The van der Waals surface area contributed by atoms with E-state index in [1.807, 2.05) is 12.1 Å². The highest BCUT2D eigenvalue weighted by Gasteiger charge is 2.32. The average Bonchev–Trinajstić information content (AvgIpc) is 2.54. The van der Waals surface area contributed by atoms with Gasteiger partial charge in [0.2, 0.25) is 0 Å². The van der Waals surface area contributed by atoms with E-state index in [2.05, 4.69) is 69.4 Å². The van der Waals surface area contributed by atoms with E-state index in [0.717, 1.165) is 28.1 Å². The Labute approximate surface area is 137 Å². The molecule has 2 aliphatic heterocycles. The van der Waals surface area contributed by atoms with Crippen molar-refractivity contribution in [2.45, 2.75) is 6.42 Å². The van der Waals surface area contributed by atoms with E-state index in [4.69, 9.17) is 4.74 Å².